The van der Waals surface area contributed by atoms with Crippen molar-refractivity contribution in [2.24, 2.45) is 5.92 Å². The Kier molecular flexibility index (Phi) is 5.31. The topological polar surface area (TPSA) is 58.0 Å². The van der Waals surface area contributed by atoms with Crippen LogP contribution in [0.2, 0.25) is 0 Å². The molecule has 2 N–H and O–H groups in total. The second-order valence-electron chi connectivity index (χ2n) is 6.18. The molecule has 1 heterocycles. The highest BCUT2D eigenvalue weighted by molar-refractivity contribution is 5.27. The van der Waals surface area contributed by atoms with E-state index in [4.69, 9.17) is 0 Å². The molecular formula is C18H22FN3O. The van der Waals surface area contributed by atoms with Crippen LogP contribution < -0.4 is 5.32 Å². The largest absolute Gasteiger partial charge is 0.396 e. The summed E-state index contributed by atoms with van der Waals surface area (Å²) in [5, 5.41) is 12.9. The van der Waals surface area contributed by atoms with Crippen molar-refractivity contribution in [1.82, 2.24) is 15.3 Å². The zero-order chi connectivity index (χ0) is 16.1. The number of hydrogen-bond acceptors (Lipinski definition) is 4. The number of hydrogen-bond donors (Lipinski definition) is 2. The van der Waals surface area contributed by atoms with E-state index in [2.05, 4.69) is 15.3 Å². The summed E-state index contributed by atoms with van der Waals surface area (Å²) in [6, 6.07) is 6.81. The second-order valence-corrected chi connectivity index (χ2v) is 6.18. The molecule has 0 aliphatic heterocycles. The molecule has 1 unspecified atom stereocenters. The van der Waals surface area contributed by atoms with Gasteiger partial charge in [0.15, 0.2) is 0 Å². The fourth-order valence-corrected chi connectivity index (χ4v) is 3.21. The molecule has 0 amide bonds. The molecule has 0 saturated heterocycles. The number of rotatable bonds is 5. The predicted molar refractivity (Wildman–Crippen MR) is 86.2 cm³/mol. The lowest BCUT2D eigenvalue weighted by Crippen LogP contribution is -2.37. The van der Waals surface area contributed by atoms with E-state index >= 15 is 0 Å². The number of aromatic nitrogens is 2. The lowest BCUT2D eigenvalue weighted by Gasteiger charge is -2.31. The Morgan fingerprint density at radius 3 is 2.48 bits per heavy atom. The van der Waals surface area contributed by atoms with Crippen molar-refractivity contribution in [2.75, 3.05) is 6.61 Å². The summed E-state index contributed by atoms with van der Waals surface area (Å²) < 4.78 is 13.2. The summed E-state index contributed by atoms with van der Waals surface area (Å²) in [4.78, 5) is 8.57. The number of benzene rings is 1. The molecule has 0 bridgehead atoms. The van der Waals surface area contributed by atoms with Crippen LogP contribution in [0.25, 0.3) is 0 Å². The summed E-state index contributed by atoms with van der Waals surface area (Å²) in [6.07, 6.45) is 9.20. The Bertz CT molecular complexity index is 597. The SMILES string of the molecule is OCC1CCC(NC(c2ccc(F)cc2)c2cnccn2)CC1. The van der Waals surface area contributed by atoms with Crippen LogP contribution in [-0.2, 0) is 0 Å². The minimum Gasteiger partial charge on any atom is -0.396 e. The Balaban J connectivity index is 1.77. The van der Waals surface area contributed by atoms with Crippen molar-refractivity contribution >= 4 is 0 Å². The van der Waals surface area contributed by atoms with E-state index < -0.39 is 0 Å². The molecule has 1 aliphatic carbocycles. The number of aliphatic hydroxyl groups is 1. The molecule has 5 heteroatoms. The van der Waals surface area contributed by atoms with Gasteiger partial charge in [-0.05, 0) is 49.3 Å². The molecule has 122 valence electrons. The van der Waals surface area contributed by atoms with Gasteiger partial charge in [0.05, 0.1) is 17.9 Å². The normalized spacial score (nSPS) is 22.7. The summed E-state index contributed by atoms with van der Waals surface area (Å²) in [6.45, 7) is 0.276. The Morgan fingerprint density at radius 1 is 1.13 bits per heavy atom. The third-order valence-electron chi connectivity index (χ3n) is 4.59. The van der Waals surface area contributed by atoms with Crippen molar-refractivity contribution in [2.45, 2.75) is 37.8 Å². The molecular weight excluding hydrogens is 293 g/mol. The highest BCUT2D eigenvalue weighted by atomic mass is 19.1. The van der Waals surface area contributed by atoms with E-state index in [1.54, 1.807) is 30.7 Å². The molecule has 1 saturated carbocycles. The van der Waals surface area contributed by atoms with Crippen LogP contribution in [0.1, 0.15) is 43.0 Å². The van der Waals surface area contributed by atoms with Crippen molar-refractivity contribution in [3.8, 4) is 0 Å². The van der Waals surface area contributed by atoms with Gasteiger partial charge < -0.3 is 10.4 Å². The molecule has 0 radical (unpaired) electrons. The van der Waals surface area contributed by atoms with Crippen LogP contribution in [0, 0.1) is 11.7 Å². The molecule has 1 aliphatic rings. The summed E-state index contributed by atoms with van der Waals surface area (Å²) >= 11 is 0. The van der Waals surface area contributed by atoms with Gasteiger partial charge in [-0.15, -0.1) is 0 Å². The Hall–Kier alpha value is -1.85. The first-order valence-electron chi connectivity index (χ1n) is 8.14. The number of aliphatic hydroxyl groups excluding tert-OH is 1. The third kappa shape index (κ3) is 4.12. The molecule has 1 atom stereocenters. The van der Waals surface area contributed by atoms with E-state index in [9.17, 15) is 9.50 Å². The average Bonchev–Trinajstić information content (AvgIpc) is 2.62. The number of halogens is 1. The van der Waals surface area contributed by atoms with Crippen LogP contribution in [-0.4, -0.2) is 27.7 Å². The van der Waals surface area contributed by atoms with Crippen LogP contribution in [0.4, 0.5) is 4.39 Å². The molecule has 2 aromatic rings. The van der Waals surface area contributed by atoms with Crippen LogP contribution in [0.5, 0.6) is 0 Å². The van der Waals surface area contributed by atoms with Crippen LogP contribution in [0.3, 0.4) is 0 Å². The third-order valence-corrected chi connectivity index (χ3v) is 4.59. The van der Waals surface area contributed by atoms with Crippen LogP contribution >= 0.6 is 0 Å². The monoisotopic (exact) mass is 315 g/mol. The predicted octanol–water partition coefficient (Wildman–Crippen LogP) is 2.85. The molecule has 1 aromatic carbocycles. The van der Waals surface area contributed by atoms with Crippen molar-refractivity contribution in [3.05, 3.63) is 59.9 Å². The fraction of sp³-hybridized carbons (Fsp3) is 0.444. The minimum absolute atomic E-state index is 0.0972. The maximum atomic E-state index is 13.2. The highest BCUT2D eigenvalue weighted by Gasteiger charge is 2.25. The van der Waals surface area contributed by atoms with Gasteiger partial charge in [-0.2, -0.15) is 0 Å². The lowest BCUT2D eigenvalue weighted by atomic mass is 9.86. The standard InChI is InChI=1S/C18H22FN3O/c19-15-5-3-14(4-6-15)18(17-11-20-9-10-21-17)22-16-7-1-13(12-23)2-8-16/h3-6,9-11,13,16,18,22-23H,1-2,7-8,12H2. The maximum absolute atomic E-state index is 13.2. The van der Waals surface area contributed by atoms with Gasteiger partial charge >= 0.3 is 0 Å². The summed E-state index contributed by atoms with van der Waals surface area (Å²) in [5.41, 5.74) is 1.82. The van der Waals surface area contributed by atoms with E-state index in [1.165, 1.54) is 12.1 Å². The van der Waals surface area contributed by atoms with Crippen LogP contribution in [0.15, 0.2) is 42.9 Å². The van der Waals surface area contributed by atoms with Gasteiger partial charge in [0, 0.05) is 25.0 Å². The van der Waals surface area contributed by atoms with E-state index in [1.807, 2.05) is 0 Å². The number of nitrogens with one attached hydrogen (secondary N) is 1. The van der Waals surface area contributed by atoms with E-state index in [0.717, 1.165) is 36.9 Å². The first-order valence-corrected chi connectivity index (χ1v) is 8.14. The zero-order valence-corrected chi connectivity index (χ0v) is 13.0. The van der Waals surface area contributed by atoms with Crippen molar-refractivity contribution < 1.29 is 9.50 Å². The Morgan fingerprint density at radius 2 is 1.87 bits per heavy atom. The van der Waals surface area contributed by atoms with Crippen molar-refractivity contribution in [3.63, 3.8) is 0 Å². The van der Waals surface area contributed by atoms with Crippen molar-refractivity contribution in [1.29, 1.82) is 0 Å². The summed E-state index contributed by atoms with van der Waals surface area (Å²) in [7, 11) is 0. The highest BCUT2D eigenvalue weighted by Crippen LogP contribution is 2.28. The van der Waals surface area contributed by atoms with Gasteiger partial charge in [-0.1, -0.05) is 12.1 Å². The van der Waals surface area contributed by atoms with E-state index in [0.29, 0.717) is 12.0 Å². The zero-order valence-electron chi connectivity index (χ0n) is 13.0. The minimum atomic E-state index is -0.241. The first kappa shape index (κ1) is 16.0. The van der Waals surface area contributed by atoms with Gasteiger partial charge in [0.1, 0.15) is 5.82 Å². The average molecular weight is 315 g/mol. The number of nitrogens with zero attached hydrogens (tertiary/aromatic N) is 2. The Labute approximate surface area is 135 Å². The lowest BCUT2D eigenvalue weighted by molar-refractivity contribution is 0.173. The molecule has 3 rings (SSSR count). The fourth-order valence-electron chi connectivity index (χ4n) is 3.21. The van der Waals surface area contributed by atoms with E-state index in [-0.39, 0.29) is 18.5 Å². The maximum Gasteiger partial charge on any atom is 0.123 e. The molecule has 4 nitrogen and oxygen atoms in total. The first-order chi connectivity index (χ1) is 11.3. The molecule has 1 aromatic heterocycles. The quantitative estimate of drug-likeness (QED) is 0.891. The van der Waals surface area contributed by atoms with Gasteiger partial charge in [0.2, 0.25) is 0 Å². The molecule has 1 fully saturated rings. The molecule has 23 heavy (non-hydrogen) atoms. The van der Waals surface area contributed by atoms with Gasteiger partial charge in [0.25, 0.3) is 0 Å². The van der Waals surface area contributed by atoms with Gasteiger partial charge in [-0.25, -0.2) is 4.39 Å². The van der Waals surface area contributed by atoms with Gasteiger partial charge in [-0.3, -0.25) is 9.97 Å². The second kappa shape index (κ2) is 7.62. The molecule has 0 spiro atoms. The smallest absolute Gasteiger partial charge is 0.123 e. The summed E-state index contributed by atoms with van der Waals surface area (Å²) in [5.74, 6) is 0.184.